The molecule has 46 valence electrons. The summed E-state index contributed by atoms with van der Waals surface area (Å²) >= 11 is 0. The lowest BCUT2D eigenvalue weighted by molar-refractivity contribution is 1.30. The minimum atomic E-state index is 1.15. The van der Waals surface area contributed by atoms with Crippen LogP contribution < -0.4 is 5.73 Å². The predicted molar refractivity (Wildman–Crippen MR) is 37.4 cm³/mol. The standard InChI is InChI=1S/C7H13N/c1-4-6(2)7(3)5-8/h4-5H,8H2,1-3H3/b6-4+,7-5-. The summed E-state index contributed by atoms with van der Waals surface area (Å²) in [5, 5.41) is 0. The van der Waals surface area contributed by atoms with E-state index >= 15 is 0 Å². The van der Waals surface area contributed by atoms with Crippen LogP contribution in [0.1, 0.15) is 20.8 Å². The highest BCUT2D eigenvalue weighted by Gasteiger charge is 1.85. The summed E-state index contributed by atoms with van der Waals surface area (Å²) in [4.78, 5) is 0. The van der Waals surface area contributed by atoms with Crippen LogP contribution in [0.2, 0.25) is 0 Å². The summed E-state index contributed by atoms with van der Waals surface area (Å²) in [6.45, 7) is 6.04. The maximum absolute atomic E-state index is 5.25. The summed E-state index contributed by atoms with van der Waals surface area (Å²) in [7, 11) is 0. The summed E-state index contributed by atoms with van der Waals surface area (Å²) in [5.74, 6) is 0. The molecule has 0 aliphatic carbocycles. The number of hydrogen-bond acceptors (Lipinski definition) is 1. The second kappa shape index (κ2) is 3.30. The number of allylic oxidation sites excluding steroid dienone is 3. The Hall–Kier alpha value is -0.720. The van der Waals surface area contributed by atoms with Gasteiger partial charge in [-0.25, -0.2) is 0 Å². The lowest BCUT2D eigenvalue weighted by Crippen LogP contribution is -1.84. The van der Waals surface area contributed by atoms with Crippen molar-refractivity contribution in [3.63, 3.8) is 0 Å². The maximum atomic E-state index is 5.25. The predicted octanol–water partition coefficient (Wildman–Crippen LogP) is 1.82. The van der Waals surface area contributed by atoms with Crippen LogP contribution in [-0.2, 0) is 0 Å². The lowest BCUT2D eigenvalue weighted by Gasteiger charge is -1.95. The van der Waals surface area contributed by atoms with E-state index in [0.29, 0.717) is 0 Å². The van der Waals surface area contributed by atoms with Gasteiger partial charge in [-0.1, -0.05) is 11.6 Å². The van der Waals surface area contributed by atoms with Crippen molar-refractivity contribution >= 4 is 0 Å². The molecule has 0 heterocycles. The van der Waals surface area contributed by atoms with E-state index < -0.39 is 0 Å². The molecule has 1 nitrogen and oxygen atoms in total. The largest absolute Gasteiger partial charge is 0.404 e. The quantitative estimate of drug-likeness (QED) is 0.513. The Labute approximate surface area is 50.9 Å². The Kier molecular flexibility index (Phi) is 3.01. The van der Waals surface area contributed by atoms with Crippen molar-refractivity contribution in [3.8, 4) is 0 Å². The van der Waals surface area contributed by atoms with Crippen molar-refractivity contribution < 1.29 is 0 Å². The topological polar surface area (TPSA) is 26.0 Å². The molecule has 8 heavy (non-hydrogen) atoms. The molecule has 0 spiro atoms. The van der Waals surface area contributed by atoms with E-state index in [4.69, 9.17) is 5.73 Å². The first-order chi connectivity index (χ1) is 3.72. The summed E-state index contributed by atoms with van der Waals surface area (Å²) in [6.07, 6.45) is 3.66. The third kappa shape index (κ3) is 1.82. The van der Waals surface area contributed by atoms with Crippen LogP contribution in [0.4, 0.5) is 0 Å². The van der Waals surface area contributed by atoms with Crippen LogP contribution in [0.5, 0.6) is 0 Å². The van der Waals surface area contributed by atoms with Crippen molar-refractivity contribution in [3.05, 3.63) is 23.4 Å². The van der Waals surface area contributed by atoms with Crippen LogP contribution >= 0.6 is 0 Å². The monoisotopic (exact) mass is 111 g/mol. The number of rotatable bonds is 1. The third-order valence-electron chi connectivity index (χ3n) is 1.31. The van der Waals surface area contributed by atoms with Gasteiger partial charge >= 0.3 is 0 Å². The molecule has 0 radical (unpaired) electrons. The Morgan fingerprint density at radius 1 is 1.25 bits per heavy atom. The van der Waals surface area contributed by atoms with Crippen molar-refractivity contribution in [2.24, 2.45) is 5.73 Å². The van der Waals surface area contributed by atoms with Gasteiger partial charge in [-0.15, -0.1) is 0 Å². The van der Waals surface area contributed by atoms with Gasteiger partial charge in [-0.2, -0.15) is 0 Å². The SMILES string of the molecule is C/C=C(C)/C(C)=C\N. The molecule has 0 atom stereocenters. The van der Waals surface area contributed by atoms with Crippen molar-refractivity contribution in [1.82, 2.24) is 0 Å². The van der Waals surface area contributed by atoms with Crippen LogP contribution in [0.3, 0.4) is 0 Å². The summed E-state index contributed by atoms with van der Waals surface area (Å²) in [6, 6.07) is 0. The van der Waals surface area contributed by atoms with Gasteiger partial charge in [0.15, 0.2) is 0 Å². The first kappa shape index (κ1) is 7.28. The highest BCUT2D eigenvalue weighted by atomic mass is 14.5. The van der Waals surface area contributed by atoms with Crippen LogP contribution in [0.25, 0.3) is 0 Å². The fraction of sp³-hybridized carbons (Fsp3) is 0.429. The molecule has 0 unspecified atom stereocenters. The normalized spacial score (nSPS) is 14.4. The Balaban J connectivity index is 4.04. The summed E-state index contributed by atoms with van der Waals surface area (Å²) in [5.41, 5.74) is 7.63. The zero-order chi connectivity index (χ0) is 6.57. The van der Waals surface area contributed by atoms with Gasteiger partial charge < -0.3 is 5.73 Å². The van der Waals surface area contributed by atoms with E-state index in [1.165, 1.54) is 5.57 Å². The smallest absolute Gasteiger partial charge is 0.00300 e. The van der Waals surface area contributed by atoms with Gasteiger partial charge in [-0.3, -0.25) is 0 Å². The molecule has 0 aliphatic heterocycles. The first-order valence-electron chi connectivity index (χ1n) is 2.74. The molecule has 0 rings (SSSR count). The van der Waals surface area contributed by atoms with E-state index in [2.05, 4.69) is 0 Å². The zero-order valence-electron chi connectivity index (χ0n) is 5.73. The van der Waals surface area contributed by atoms with E-state index in [1.54, 1.807) is 6.20 Å². The van der Waals surface area contributed by atoms with E-state index in [9.17, 15) is 0 Å². The fourth-order valence-corrected chi connectivity index (χ4v) is 0.359. The van der Waals surface area contributed by atoms with Crippen molar-refractivity contribution in [1.29, 1.82) is 0 Å². The minimum absolute atomic E-state index is 1.15. The molecular weight excluding hydrogens is 98.1 g/mol. The molecule has 2 N–H and O–H groups in total. The van der Waals surface area contributed by atoms with Crippen LogP contribution in [0, 0.1) is 0 Å². The summed E-state index contributed by atoms with van der Waals surface area (Å²) < 4.78 is 0. The zero-order valence-corrected chi connectivity index (χ0v) is 5.73. The lowest BCUT2D eigenvalue weighted by atomic mass is 10.1. The van der Waals surface area contributed by atoms with Gasteiger partial charge in [0.25, 0.3) is 0 Å². The second-order valence-corrected chi connectivity index (χ2v) is 1.82. The highest BCUT2D eigenvalue weighted by Crippen LogP contribution is 2.04. The van der Waals surface area contributed by atoms with Crippen LogP contribution in [0.15, 0.2) is 23.4 Å². The van der Waals surface area contributed by atoms with Gasteiger partial charge in [0.2, 0.25) is 0 Å². The Morgan fingerprint density at radius 3 is 1.88 bits per heavy atom. The molecule has 1 heteroatoms. The highest BCUT2D eigenvalue weighted by molar-refractivity contribution is 5.24. The molecule has 0 aromatic rings. The van der Waals surface area contributed by atoms with Gasteiger partial charge in [0.05, 0.1) is 0 Å². The molecule has 0 aromatic carbocycles. The van der Waals surface area contributed by atoms with E-state index in [0.717, 1.165) is 5.57 Å². The van der Waals surface area contributed by atoms with Gasteiger partial charge in [0, 0.05) is 0 Å². The molecule has 0 amide bonds. The van der Waals surface area contributed by atoms with Crippen LogP contribution in [-0.4, -0.2) is 0 Å². The molecule has 0 aliphatic rings. The maximum Gasteiger partial charge on any atom is -0.00300 e. The average Bonchev–Trinajstić information content (AvgIpc) is 1.84. The molecule has 0 fully saturated rings. The van der Waals surface area contributed by atoms with E-state index in [-0.39, 0.29) is 0 Å². The fourth-order valence-electron chi connectivity index (χ4n) is 0.359. The second-order valence-electron chi connectivity index (χ2n) is 1.82. The van der Waals surface area contributed by atoms with Crippen molar-refractivity contribution in [2.75, 3.05) is 0 Å². The minimum Gasteiger partial charge on any atom is -0.404 e. The first-order valence-corrected chi connectivity index (χ1v) is 2.74. The number of nitrogens with two attached hydrogens (primary N) is 1. The Bertz CT molecular complexity index is 104. The van der Waals surface area contributed by atoms with E-state index in [1.807, 2.05) is 26.8 Å². The molecule has 0 saturated heterocycles. The van der Waals surface area contributed by atoms with Crippen molar-refractivity contribution in [2.45, 2.75) is 20.8 Å². The molecule has 0 bridgehead atoms. The Morgan fingerprint density at radius 2 is 1.75 bits per heavy atom. The molecule has 0 aromatic heterocycles. The third-order valence-corrected chi connectivity index (χ3v) is 1.31. The molecular formula is C7H13N. The van der Waals surface area contributed by atoms with Gasteiger partial charge in [-0.05, 0) is 32.5 Å². The average molecular weight is 111 g/mol. The molecule has 0 saturated carbocycles. The van der Waals surface area contributed by atoms with Gasteiger partial charge in [0.1, 0.15) is 0 Å². The number of hydrogen-bond donors (Lipinski definition) is 1.